The van der Waals surface area contributed by atoms with Crippen LogP contribution in [0.4, 0.5) is 11.4 Å². The second kappa shape index (κ2) is 9.10. The highest BCUT2D eigenvalue weighted by molar-refractivity contribution is 9.11. The van der Waals surface area contributed by atoms with E-state index in [2.05, 4.69) is 26.6 Å². The normalized spacial score (nSPS) is 18.1. The fraction of sp³-hybridized carbons (Fsp3) is 0.409. The number of aryl methyl sites for hydroxylation is 1. The van der Waals surface area contributed by atoms with Crippen LogP contribution in [0, 0.1) is 12.3 Å². The zero-order valence-electron chi connectivity index (χ0n) is 17.3. The van der Waals surface area contributed by atoms with E-state index in [1.54, 1.807) is 6.07 Å². The van der Waals surface area contributed by atoms with Crippen molar-refractivity contribution in [1.82, 2.24) is 5.32 Å². The molecule has 1 aliphatic heterocycles. The molecule has 0 atom stereocenters. The molecule has 0 spiro atoms. The largest absolute Gasteiger partial charge is 0.379 e. The maximum absolute atomic E-state index is 13.1. The highest BCUT2D eigenvalue weighted by Crippen LogP contribution is 2.35. The number of amides is 2. The van der Waals surface area contributed by atoms with Crippen LogP contribution in [0.5, 0.6) is 0 Å². The lowest BCUT2D eigenvalue weighted by Crippen LogP contribution is -2.61. The van der Waals surface area contributed by atoms with E-state index in [0.29, 0.717) is 55.4 Å². The van der Waals surface area contributed by atoms with Crippen molar-refractivity contribution in [1.29, 1.82) is 5.41 Å². The minimum absolute atomic E-state index is 0.189. The molecule has 7 nitrogen and oxygen atoms in total. The van der Waals surface area contributed by atoms with Crippen LogP contribution >= 0.6 is 27.3 Å². The Morgan fingerprint density at radius 2 is 2.03 bits per heavy atom. The quantitative estimate of drug-likeness (QED) is 0.565. The summed E-state index contributed by atoms with van der Waals surface area (Å²) in [6.07, 6.45) is 2.73. The Balaban J connectivity index is 1.46. The van der Waals surface area contributed by atoms with Crippen molar-refractivity contribution in [2.75, 3.05) is 30.0 Å². The van der Waals surface area contributed by atoms with Gasteiger partial charge in [-0.3, -0.25) is 15.0 Å². The lowest BCUT2D eigenvalue weighted by molar-refractivity contribution is -0.125. The van der Waals surface area contributed by atoms with Crippen LogP contribution in [0.25, 0.3) is 0 Å². The molecular formula is C22H25BrN4O3S. The smallest absolute Gasteiger partial charge is 0.262 e. The molecule has 1 saturated heterocycles. The number of carbonyl (C=O) groups is 2. The highest BCUT2D eigenvalue weighted by atomic mass is 79.9. The fourth-order valence-corrected chi connectivity index (χ4v) is 5.19. The number of hydrogen-bond acceptors (Lipinski definition) is 5. The molecule has 1 aromatic heterocycles. The first kappa shape index (κ1) is 22.0. The van der Waals surface area contributed by atoms with Crippen LogP contribution in [0.15, 0.2) is 34.1 Å². The first-order chi connectivity index (χ1) is 14.9. The van der Waals surface area contributed by atoms with Crippen LogP contribution < -0.4 is 15.5 Å². The SMILES string of the molecule is Cc1cc(NC(=O)C2(NC(=O)c3ccc(Br)s3)CCC2)ccc1N1CCOCCC1=N. The standard InChI is InChI=1S/C22H25BrN4O3S/c1-14-13-15(3-4-16(14)27-10-12-30-11-7-19(27)24)25-21(29)22(8-2-9-22)26-20(28)17-5-6-18(23)31-17/h3-6,13,24H,2,7-12H2,1H3,(H,25,29)(H,26,28). The number of hydrogen-bond donors (Lipinski definition) is 3. The van der Waals surface area contributed by atoms with Gasteiger partial charge in [-0.25, -0.2) is 0 Å². The van der Waals surface area contributed by atoms with Gasteiger partial charge in [-0.15, -0.1) is 11.3 Å². The van der Waals surface area contributed by atoms with E-state index in [1.165, 1.54) is 11.3 Å². The predicted molar refractivity (Wildman–Crippen MR) is 126 cm³/mol. The van der Waals surface area contributed by atoms with Gasteiger partial charge in [0.1, 0.15) is 11.4 Å². The van der Waals surface area contributed by atoms with Gasteiger partial charge in [-0.05, 0) is 78.0 Å². The van der Waals surface area contributed by atoms with E-state index in [4.69, 9.17) is 10.1 Å². The lowest BCUT2D eigenvalue weighted by atomic mass is 9.75. The molecule has 9 heteroatoms. The third kappa shape index (κ3) is 4.68. The average Bonchev–Trinajstić information content (AvgIpc) is 3.03. The van der Waals surface area contributed by atoms with E-state index in [-0.39, 0.29) is 11.8 Å². The van der Waals surface area contributed by atoms with Gasteiger partial charge in [-0.1, -0.05) is 0 Å². The summed E-state index contributed by atoms with van der Waals surface area (Å²) in [4.78, 5) is 28.2. The maximum atomic E-state index is 13.1. The third-order valence-electron chi connectivity index (χ3n) is 5.81. The molecule has 1 aromatic carbocycles. The summed E-state index contributed by atoms with van der Waals surface area (Å²) in [5.74, 6) is 0.124. The molecule has 1 aliphatic carbocycles. The van der Waals surface area contributed by atoms with Gasteiger partial charge in [0.05, 0.1) is 21.9 Å². The molecule has 2 heterocycles. The van der Waals surface area contributed by atoms with E-state index in [1.807, 2.05) is 36.1 Å². The Morgan fingerprint density at radius 3 is 2.68 bits per heavy atom. The monoisotopic (exact) mass is 504 g/mol. The molecule has 4 rings (SSSR count). The van der Waals surface area contributed by atoms with Gasteiger partial charge in [0, 0.05) is 24.3 Å². The number of ether oxygens (including phenoxy) is 1. The van der Waals surface area contributed by atoms with Crippen molar-refractivity contribution in [3.05, 3.63) is 44.6 Å². The molecule has 0 bridgehead atoms. The van der Waals surface area contributed by atoms with Crippen molar-refractivity contribution >= 4 is 56.3 Å². The zero-order chi connectivity index (χ0) is 22.0. The minimum Gasteiger partial charge on any atom is -0.379 e. The van der Waals surface area contributed by atoms with Crippen LogP contribution in [0.3, 0.4) is 0 Å². The van der Waals surface area contributed by atoms with E-state index in [9.17, 15) is 9.59 Å². The number of thiophene rings is 1. The van der Waals surface area contributed by atoms with Crippen molar-refractivity contribution in [2.45, 2.75) is 38.1 Å². The zero-order valence-corrected chi connectivity index (χ0v) is 19.7. The first-order valence-corrected chi connectivity index (χ1v) is 11.9. The Labute approximate surface area is 193 Å². The van der Waals surface area contributed by atoms with Gasteiger partial charge in [0.15, 0.2) is 0 Å². The van der Waals surface area contributed by atoms with E-state index >= 15 is 0 Å². The molecule has 31 heavy (non-hydrogen) atoms. The summed E-state index contributed by atoms with van der Waals surface area (Å²) >= 11 is 4.72. The number of nitrogens with zero attached hydrogens (tertiary/aromatic N) is 1. The summed E-state index contributed by atoms with van der Waals surface area (Å²) in [7, 11) is 0. The average molecular weight is 505 g/mol. The lowest BCUT2D eigenvalue weighted by Gasteiger charge is -2.40. The first-order valence-electron chi connectivity index (χ1n) is 10.3. The number of nitrogens with one attached hydrogen (secondary N) is 3. The van der Waals surface area contributed by atoms with Crippen molar-refractivity contribution in [3.8, 4) is 0 Å². The van der Waals surface area contributed by atoms with Crippen molar-refractivity contribution < 1.29 is 14.3 Å². The number of benzene rings is 1. The highest BCUT2D eigenvalue weighted by Gasteiger charge is 2.45. The van der Waals surface area contributed by atoms with Gasteiger partial charge >= 0.3 is 0 Å². The molecule has 2 aliphatic rings. The van der Waals surface area contributed by atoms with Crippen molar-refractivity contribution in [2.24, 2.45) is 0 Å². The summed E-state index contributed by atoms with van der Waals surface area (Å²) < 4.78 is 6.36. The maximum Gasteiger partial charge on any atom is 0.262 e. The second-order valence-corrected chi connectivity index (χ2v) is 10.4. The molecule has 164 valence electrons. The number of halogens is 1. The molecule has 1 saturated carbocycles. The van der Waals surface area contributed by atoms with Gasteiger partial charge in [0.25, 0.3) is 5.91 Å². The molecule has 2 fully saturated rings. The molecule has 3 N–H and O–H groups in total. The Bertz CT molecular complexity index is 1020. The van der Waals surface area contributed by atoms with Crippen molar-refractivity contribution in [3.63, 3.8) is 0 Å². The molecular weight excluding hydrogens is 480 g/mol. The number of anilines is 2. The van der Waals surface area contributed by atoms with E-state index < -0.39 is 5.54 Å². The number of rotatable bonds is 5. The van der Waals surface area contributed by atoms with Crippen LogP contribution in [0.2, 0.25) is 0 Å². The number of carbonyl (C=O) groups excluding carboxylic acids is 2. The summed E-state index contributed by atoms with van der Waals surface area (Å²) in [6.45, 7) is 3.76. The Kier molecular flexibility index (Phi) is 6.45. The topological polar surface area (TPSA) is 94.5 Å². The minimum atomic E-state index is -0.871. The summed E-state index contributed by atoms with van der Waals surface area (Å²) in [6, 6.07) is 9.27. The van der Waals surface area contributed by atoms with E-state index in [0.717, 1.165) is 21.5 Å². The number of amidine groups is 1. The summed E-state index contributed by atoms with van der Waals surface area (Å²) in [5.41, 5.74) is 1.73. The predicted octanol–water partition coefficient (Wildman–Crippen LogP) is 4.31. The summed E-state index contributed by atoms with van der Waals surface area (Å²) in [5, 5.41) is 14.2. The van der Waals surface area contributed by atoms with Gasteiger partial charge in [0.2, 0.25) is 5.91 Å². The third-order valence-corrected chi connectivity index (χ3v) is 7.43. The second-order valence-electron chi connectivity index (χ2n) is 7.91. The fourth-order valence-electron chi connectivity index (χ4n) is 3.90. The molecule has 2 aromatic rings. The van der Waals surface area contributed by atoms with Gasteiger partial charge in [-0.2, -0.15) is 0 Å². The molecule has 0 radical (unpaired) electrons. The van der Waals surface area contributed by atoms with Gasteiger partial charge < -0.3 is 20.3 Å². The van der Waals surface area contributed by atoms with Crippen LogP contribution in [0.1, 0.15) is 40.9 Å². The molecule has 2 amide bonds. The Morgan fingerprint density at radius 1 is 1.23 bits per heavy atom. The molecule has 0 unspecified atom stereocenters. The Hall–Kier alpha value is -2.23. The van der Waals surface area contributed by atoms with Crippen LogP contribution in [-0.4, -0.2) is 42.9 Å². The van der Waals surface area contributed by atoms with Crippen LogP contribution in [-0.2, 0) is 9.53 Å².